The highest BCUT2D eigenvalue weighted by Crippen LogP contribution is 2.53. The predicted molar refractivity (Wildman–Crippen MR) is 142 cm³/mol. The topological polar surface area (TPSA) is 201 Å². The lowest BCUT2D eigenvalue weighted by Gasteiger charge is -2.46. The molecule has 0 fully saturated rings. The Kier molecular flexibility index (Phi) is 5.92. The Morgan fingerprint density at radius 3 is 2.40 bits per heavy atom. The molecule has 0 saturated heterocycles. The normalized spacial score (nSPS) is 24.4. The van der Waals surface area contributed by atoms with E-state index in [-0.39, 0.29) is 41.8 Å². The molecular weight excluding hydrogens is 520 g/mol. The largest absolute Gasteiger partial charge is 0.511 e. The van der Waals surface area contributed by atoms with Crippen LogP contribution in [0.2, 0.25) is 0 Å². The van der Waals surface area contributed by atoms with E-state index < -0.39 is 62.3 Å². The fourth-order valence-corrected chi connectivity index (χ4v) is 6.30. The van der Waals surface area contributed by atoms with Gasteiger partial charge in [0, 0.05) is 35.6 Å². The van der Waals surface area contributed by atoms with Crippen LogP contribution >= 0.6 is 0 Å². The summed E-state index contributed by atoms with van der Waals surface area (Å²) in [5.41, 5.74) is 2.25. The first-order valence-corrected chi connectivity index (χ1v) is 12.7. The number of nitro groups is 1. The summed E-state index contributed by atoms with van der Waals surface area (Å²) in [4.78, 5) is 50.0. The number of ketones is 2. The monoisotopic (exact) mass is 548 g/mol. The molecule has 3 aliphatic carbocycles. The maximum absolute atomic E-state index is 14.1. The number of amides is 1. The Balaban J connectivity index is 1.77. The van der Waals surface area contributed by atoms with Gasteiger partial charge in [0.05, 0.1) is 10.5 Å². The van der Waals surface area contributed by atoms with Crippen molar-refractivity contribution in [1.82, 2.24) is 0 Å². The van der Waals surface area contributed by atoms with Gasteiger partial charge in [-0.05, 0) is 46.9 Å². The third-order valence-corrected chi connectivity index (χ3v) is 8.24. The number of aromatic hydroxyl groups is 1. The summed E-state index contributed by atoms with van der Waals surface area (Å²) in [5, 5.41) is 55.9. The van der Waals surface area contributed by atoms with E-state index in [2.05, 4.69) is 0 Å². The minimum Gasteiger partial charge on any atom is -0.511 e. The molecule has 2 aromatic rings. The number of nitrogens with zero attached hydrogens (tertiary/aromatic N) is 1. The molecule has 0 bridgehead atoms. The van der Waals surface area contributed by atoms with Crippen molar-refractivity contribution in [2.45, 2.75) is 51.0 Å². The molecule has 208 valence electrons. The molecule has 6 N–H and O–H groups in total. The number of benzene rings is 2. The van der Waals surface area contributed by atoms with E-state index >= 15 is 0 Å². The molecule has 11 heteroatoms. The van der Waals surface area contributed by atoms with Crippen LogP contribution in [0.5, 0.6) is 5.75 Å². The van der Waals surface area contributed by atoms with Crippen LogP contribution < -0.4 is 5.73 Å². The predicted octanol–water partition coefficient (Wildman–Crippen LogP) is 3.45. The van der Waals surface area contributed by atoms with Gasteiger partial charge in [0.2, 0.25) is 5.78 Å². The minimum atomic E-state index is -2.66. The van der Waals surface area contributed by atoms with Crippen molar-refractivity contribution in [2.75, 3.05) is 0 Å². The second-order valence-electron chi connectivity index (χ2n) is 11.6. The standard InChI is InChI=1S/C29H28N2O9/c1-28(2,3)18-11-16(12-5-4-6-15(8-12)31(39)40)17-9-13-7-14-10-19(32)22(27(30)37)26(36)29(14,38)25(35)20(13)24(34)21(17)23(18)33/h4-6,8,11,13-14,32-33,35,38H,7,9-10H2,1-3H3,(H2,30,37)/t13-,14+,29+/m1/s1. The highest BCUT2D eigenvalue weighted by molar-refractivity contribution is 6.24. The lowest BCUT2D eigenvalue weighted by molar-refractivity contribution is -0.384. The number of nitrogens with two attached hydrogens (primary N) is 1. The maximum atomic E-state index is 14.1. The van der Waals surface area contributed by atoms with Gasteiger partial charge in [-0.1, -0.05) is 32.9 Å². The molecule has 0 saturated carbocycles. The summed E-state index contributed by atoms with van der Waals surface area (Å²) >= 11 is 0. The van der Waals surface area contributed by atoms with Crippen LogP contribution in [0.15, 0.2) is 53.0 Å². The van der Waals surface area contributed by atoms with Crippen molar-refractivity contribution in [3.63, 3.8) is 0 Å². The highest BCUT2D eigenvalue weighted by Gasteiger charge is 2.59. The smallest absolute Gasteiger partial charge is 0.270 e. The third-order valence-electron chi connectivity index (χ3n) is 8.24. The van der Waals surface area contributed by atoms with Gasteiger partial charge < -0.3 is 26.2 Å². The number of aliphatic hydroxyl groups is 3. The molecule has 0 aliphatic heterocycles. The average molecular weight is 549 g/mol. The number of nitro benzene ring substituents is 1. The highest BCUT2D eigenvalue weighted by atomic mass is 16.6. The molecule has 0 unspecified atom stereocenters. The molecule has 2 aromatic carbocycles. The van der Waals surface area contributed by atoms with Crippen molar-refractivity contribution < 1.29 is 39.7 Å². The number of non-ortho nitro benzene ring substituents is 1. The first kappa shape index (κ1) is 27.1. The third kappa shape index (κ3) is 3.72. The number of phenols is 1. The molecule has 40 heavy (non-hydrogen) atoms. The number of rotatable bonds is 3. The zero-order valence-electron chi connectivity index (χ0n) is 22.0. The Labute approximate surface area is 228 Å². The summed E-state index contributed by atoms with van der Waals surface area (Å²) in [7, 11) is 0. The number of phenolic OH excluding ortho intramolecular Hbond substituents is 1. The Morgan fingerprint density at radius 2 is 1.80 bits per heavy atom. The summed E-state index contributed by atoms with van der Waals surface area (Å²) in [5.74, 6) is -7.02. The van der Waals surface area contributed by atoms with Gasteiger partial charge in [-0.2, -0.15) is 0 Å². The van der Waals surface area contributed by atoms with Crippen LogP contribution in [0.3, 0.4) is 0 Å². The van der Waals surface area contributed by atoms with Crippen molar-refractivity contribution in [1.29, 1.82) is 0 Å². The van der Waals surface area contributed by atoms with Gasteiger partial charge >= 0.3 is 0 Å². The second kappa shape index (κ2) is 8.75. The van der Waals surface area contributed by atoms with Crippen LogP contribution in [0.4, 0.5) is 5.69 Å². The number of hydrogen-bond donors (Lipinski definition) is 5. The molecule has 0 heterocycles. The first-order valence-electron chi connectivity index (χ1n) is 12.7. The average Bonchev–Trinajstić information content (AvgIpc) is 2.85. The lowest BCUT2D eigenvalue weighted by Crippen LogP contribution is -2.57. The van der Waals surface area contributed by atoms with Crippen LogP contribution in [0, 0.1) is 22.0 Å². The molecule has 3 aliphatic rings. The number of primary amides is 1. The molecule has 5 rings (SSSR count). The second-order valence-corrected chi connectivity index (χ2v) is 11.6. The Hall–Kier alpha value is -4.51. The van der Waals surface area contributed by atoms with Gasteiger partial charge in [0.1, 0.15) is 22.8 Å². The zero-order chi connectivity index (χ0) is 29.5. The number of Topliss-reactive ketones (excluding diaryl/α,β-unsaturated/α-hetero) is 2. The van der Waals surface area contributed by atoms with Crippen LogP contribution in [-0.2, 0) is 21.4 Å². The molecule has 0 spiro atoms. The van der Waals surface area contributed by atoms with E-state index in [4.69, 9.17) is 5.73 Å². The SMILES string of the molecule is CC(C)(C)c1cc(-c2cccc([N+](=O)[O-])c2)c2c(c1O)C(=O)C1=C(O)[C@]3(O)C(=O)C(C(N)=O)=C(O)C[C@@H]3C[C@@H]1C2. The van der Waals surface area contributed by atoms with E-state index in [1.54, 1.807) is 12.1 Å². The Morgan fingerprint density at radius 1 is 1.12 bits per heavy atom. The summed E-state index contributed by atoms with van der Waals surface area (Å²) in [6.07, 6.45) is -0.259. The van der Waals surface area contributed by atoms with Gasteiger partial charge in [-0.3, -0.25) is 24.5 Å². The Bertz CT molecular complexity index is 1610. The van der Waals surface area contributed by atoms with Crippen LogP contribution in [0.25, 0.3) is 11.1 Å². The van der Waals surface area contributed by atoms with Gasteiger partial charge in [-0.25, -0.2) is 0 Å². The lowest BCUT2D eigenvalue weighted by atomic mass is 9.59. The van der Waals surface area contributed by atoms with Gasteiger partial charge in [0.15, 0.2) is 11.4 Å². The molecule has 0 aromatic heterocycles. The number of aliphatic hydroxyl groups excluding tert-OH is 2. The zero-order valence-corrected chi connectivity index (χ0v) is 22.0. The fraction of sp³-hybridized carbons (Fsp3) is 0.345. The molecule has 3 atom stereocenters. The summed E-state index contributed by atoms with van der Waals surface area (Å²) in [6.45, 7) is 5.45. The summed E-state index contributed by atoms with van der Waals surface area (Å²) in [6, 6.07) is 7.59. The van der Waals surface area contributed by atoms with E-state index in [9.17, 15) is 44.9 Å². The van der Waals surface area contributed by atoms with E-state index in [0.29, 0.717) is 22.3 Å². The van der Waals surface area contributed by atoms with Gasteiger partial charge in [0.25, 0.3) is 11.6 Å². The number of allylic oxidation sites excluding steroid dienone is 2. The van der Waals surface area contributed by atoms with Crippen molar-refractivity contribution in [3.8, 4) is 16.9 Å². The van der Waals surface area contributed by atoms with Crippen LogP contribution in [0.1, 0.15) is 55.1 Å². The van der Waals surface area contributed by atoms with Crippen molar-refractivity contribution in [2.24, 2.45) is 17.6 Å². The fourth-order valence-electron chi connectivity index (χ4n) is 6.30. The number of fused-ring (bicyclic) bond motifs is 3. The molecule has 1 amide bonds. The number of carbonyl (C=O) groups is 3. The van der Waals surface area contributed by atoms with E-state index in [1.807, 2.05) is 20.8 Å². The molecular formula is C29H28N2O9. The maximum Gasteiger partial charge on any atom is 0.270 e. The van der Waals surface area contributed by atoms with Crippen LogP contribution in [-0.4, -0.2) is 48.4 Å². The van der Waals surface area contributed by atoms with Gasteiger partial charge in [-0.15, -0.1) is 0 Å². The minimum absolute atomic E-state index is 0.0148. The molecule has 11 nitrogen and oxygen atoms in total. The quantitative estimate of drug-likeness (QED) is 0.216. The summed E-state index contributed by atoms with van der Waals surface area (Å²) < 4.78 is 0. The number of hydrogen-bond acceptors (Lipinski definition) is 9. The van der Waals surface area contributed by atoms with Crippen molar-refractivity contribution >= 4 is 23.2 Å². The molecule has 0 radical (unpaired) electrons. The first-order chi connectivity index (χ1) is 18.6. The van der Waals surface area contributed by atoms with E-state index in [1.165, 1.54) is 18.2 Å². The van der Waals surface area contributed by atoms with E-state index in [0.717, 1.165) is 0 Å². The van der Waals surface area contributed by atoms with Crippen molar-refractivity contribution in [3.05, 3.63) is 79.8 Å². The number of carbonyl (C=O) groups excluding carboxylic acids is 3.